The van der Waals surface area contributed by atoms with Gasteiger partial charge in [0.25, 0.3) is 0 Å². The number of carbonyl (C=O) groups excluding carboxylic acids is 1. The molecular formula is C17H24ClFN2O2. The third kappa shape index (κ3) is 4.15. The Morgan fingerprint density at radius 1 is 1.43 bits per heavy atom. The first kappa shape index (κ1) is 18.0. The van der Waals surface area contributed by atoms with Gasteiger partial charge in [-0.2, -0.15) is 0 Å². The maximum Gasteiger partial charge on any atom is 0.410 e. The van der Waals surface area contributed by atoms with E-state index in [0.717, 1.165) is 12.8 Å². The van der Waals surface area contributed by atoms with Crippen molar-refractivity contribution in [2.24, 2.45) is 5.73 Å². The molecule has 0 unspecified atom stereocenters. The molecule has 0 saturated carbocycles. The molecule has 1 aliphatic rings. The third-order valence-electron chi connectivity index (χ3n) is 4.06. The molecule has 1 amide bonds. The second-order valence-corrected chi connectivity index (χ2v) is 7.49. The molecule has 1 aromatic rings. The normalized spacial score (nSPS) is 23.0. The van der Waals surface area contributed by atoms with Crippen molar-refractivity contribution in [1.82, 2.24) is 4.90 Å². The van der Waals surface area contributed by atoms with E-state index in [2.05, 4.69) is 0 Å². The van der Waals surface area contributed by atoms with Gasteiger partial charge in [0.1, 0.15) is 11.4 Å². The fourth-order valence-electron chi connectivity index (χ4n) is 2.94. The van der Waals surface area contributed by atoms with E-state index in [9.17, 15) is 9.18 Å². The Morgan fingerprint density at radius 2 is 2.09 bits per heavy atom. The fraction of sp³-hybridized carbons (Fsp3) is 0.588. The zero-order valence-electron chi connectivity index (χ0n) is 14.0. The minimum atomic E-state index is -0.569. The van der Waals surface area contributed by atoms with Crippen LogP contribution in [0.2, 0.25) is 5.02 Å². The summed E-state index contributed by atoms with van der Waals surface area (Å²) in [6.07, 6.45) is 1.22. The molecule has 0 aliphatic carbocycles. The summed E-state index contributed by atoms with van der Waals surface area (Å²) in [6.45, 7) is 7.46. The summed E-state index contributed by atoms with van der Waals surface area (Å²) >= 11 is 5.72. The van der Waals surface area contributed by atoms with Gasteiger partial charge in [-0.15, -0.1) is 0 Å². The lowest BCUT2D eigenvalue weighted by Crippen LogP contribution is -2.47. The van der Waals surface area contributed by atoms with E-state index in [0.29, 0.717) is 5.56 Å². The van der Waals surface area contributed by atoms with Gasteiger partial charge in [0.05, 0.1) is 17.1 Å². The molecule has 128 valence electrons. The maximum absolute atomic E-state index is 13.7. The molecule has 6 heteroatoms. The number of hydrogen-bond donors (Lipinski definition) is 1. The van der Waals surface area contributed by atoms with E-state index in [1.165, 1.54) is 12.1 Å². The van der Waals surface area contributed by atoms with Crippen LogP contribution in [0.1, 0.15) is 52.1 Å². The van der Waals surface area contributed by atoms with E-state index >= 15 is 0 Å². The molecule has 23 heavy (non-hydrogen) atoms. The molecule has 2 rings (SSSR count). The predicted molar refractivity (Wildman–Crippen MR) is 88.9 cm³/mol. The molecule has 1 saturated heterocycles. The number of ether oxygens (including phenoxy) is 1. The van der Waals surface area contributed by atoms with E-state index < -0.39 is 17.5 Å². The number of nitrogens with zero attached hydrogens (tertiary/aromatic N) is 1. The van der Waals surface area contributed by atoms with Crippen LogP contribution in [0.3, 0.4) is 0 Å². The number of hydrogen-bond acceptors (Lipinski definition) is 3. The number of carbonyl (C=O) groups is 1. The largest absolute Gasteiger partial charge is 0.444 e. The Bertz CT molecular complexity index is 588. The van der Waals surface area contributed by atoms with E-state index in [1.807, 2.05) is 27.7 Å². The van der Waals surface area contributed by atoms with Crippen molar-refractivity contribution in [2.75, 3.05) is 0 Å². The smallest absolute Gasteiger partial charge is 0.410 e. The second kappa shape index (κ2) is 6.65. The average molecular weight is 343 g/mol. The first-order chi connectivity index (χ1) is 10.6. The van der Waals surface area contributed by atoms with Gasteiger partial charge in [0.15, 0.2) is 0 Å². The van der Waals surface area contributed by atoms with Crippen molar-refractivity contribution in [3.8, 4) is 0 Å². The van der Waals surface area contributed by atoms with Crippen LogP contribution in [-0.4, -0.2) is 28.7 Å². The quantitative estimate of drug-likeness (QED) is 0.873. The predicted octanol–water partition coefficient (Wildman–Crippen LogP) is 4.27. The van der Waals surface area contributed by atoms with Gasteiger partial charge in [-0.05, 0) is 58.2 Å². The number of amides is 1. The zero-order valence-corrected chi connectivity index (χ0v) is 14.7. The van der Waals surface area contributed by atoms with Crippen LogP contribution in [0.4, 0.5) is 9.18 Å². The third-order valence-corrected chi connectivity index (χ3v) is 4.37. The van der Waals surface area contributed by atoms with Crippen LogP contribution in [0, 0.1) is 5.82 Å². The first-order valence-electron chi connectivity index (χ1n) is 7.82. The molecule has 3 atom stereocenters. The number of benzene rings is 1. The van der Waals surface area contributed by atoms with Crippen molar-refractivity contribution in [2.45, 2.75) is 64.3 Å². The fourth-order valence-corrected chi connectivity index (χ4v) is 3.06. The van der Waals surface area contributed by atoms with Gasteiger partial charge in [0, 0.05) is 6.04 Å². The second-order valence-electron chi connectivity index (χ2n) is 7.08. The van der Waals surface area contributed by atoms with E-state index in [4.69, 9.17) is 22.1 Å². The number of likely N-dealkylation sites (tertiary alicyclic amines) is 1. The van der Waals surface area contributed by atoms with Gasteiger partial charge in [-0.3, -0.25) is 0 Å². The Kier molecular flexibility index (Phi) is 5.21. The van der Waals surface area contributed by atoms with E-state index in [-0.39, 0.29) is 23.2 Å². The number of rotatable bonds is 2. The van der Waals surface area contributed by atoms with Crippen LogP contribution in [-0.2, 0) is 4.74 Å². The zero-order chi connectivity index (χ0) is 17.4. The lowest BCUT2D eigenvalue weighted by Gasteiger charge is -2.34. The summed E-state index contributed by atoms with van der Waals surface area (Å²) in [5.74, 6) is -0.505. The van der Waals surface area contributed by atoms with E-state index in [1.54, 1.807) is 11.0 Å². The van der Waals surface area contributed by atoms with Crippen LogP contribution < -0.4 is 5.73 Å². The van der Waals surface area contributed by atoms with Crippen LogP contribution in [0.25, 0.3) is 0 Å². The SMILES string of the molecule is C[C@@H]1CC[C@H]([C@@H](N)c2ccc(Cl)c(F)c2)N1C(=O)OC(C)(C)C. The lowest BCUT2D eigenvalue weighted by atomic mass is 9.98. The van der Waals surface area contributed by atoms with Gasteiger partial charge < -0.3 is 15.4 Å². The van der Waals surface area contributed by atoms with Gasteiger partial charge in [0.2, 0.25) is 0 Å². The monoisotopic (exact) mass is 342 g/mol. The van der Waals surface area contributed by atoms with Gasteiger partial charge >= 0.3 is 6.09 Å². The van der Waals surface area contributed by atoms with Crippen LogP contribution >= 0.6 is 11.6 Å². The van der Waals surface area contributed by atoms with Gasteiger partial charge in [-0.1, -0.05) is 17.7 Å². The van der Waals surface area contributed by atoms with Crippen molar-refractivity contribution in [3.63, 3.8) is 0 Å². The highest BCUT2D eigenvalue weighted by atomic mass is 35.5. The van der Waals surface area contributed by atoms with Crippen LogP contribution in [0.5, 0.6) is 0 Å². The Labute approximate surface area is 141 Å². The average Bonchev–Trinajstić information content (AvgIpc) is 2.81. The lowest BCUT2D eigenvalue weighted by molar-refractivity contribution is 0.0138. The van der Waals surface area contributed by atoms with Gasteiger partial charge in [-0.25, -0.2) is 9.18 Å². The highest BCUT2D eigenvalue weighted by Crippen LogP contribution is 2.33. The molecule has 0 aromatic heterocycles. The Hall–Kier alpha value is -1.33. The summed E-state index contributed by atoms with van der Waals surface area (Å²) in [5, 5.41) is 0.0599. The molecule has 1 aromatic carbocycles. The molecular weight excluding hydrogens is 319 g/mol. The molecule has 2 N–H and O–H groups in total. The minimum absolute atomic E-state index is 0.0399. The van der Waals surface area contributed by atoms with Crippen molar-refractivity contribution < 1.29 is 13.9 Å². The molecule has 1 fully saturated rings. The molecule has 4 nitrogen and oxygen atoms in total. The number of halogens is 2. The standard InChI is InChI=1S/C17H24ClFN2O2/c1-10-5-8-14(21(10)16(22)23-17(2,3)4)15(20)11-6-7-12(18)13(19)9-11/h6-7,9-10,14-15H,5,8,20H2,1-4H3/t10-,14-,15+/m1/s1. The highest BCUT2D eigenvalue weighted by Gasteiger charge is 2.40. The summed E-state index contributed by atoms with van der Waals surface area (Å²) in [4.78, 5) is 14.2. The topological polar surface area (TPSA) is 55.6 Å². The molecule has 1 aliphatic heterocycles. The van der Waals surface area contributed by atoms with Crippen molar-refractivity contribution in [3.05, 3.63) is 34.6 Å². The summed E-state index contributed by atoms with van der Waals surface area (Å²) < 4.78 is 19.2. The van der Waals surface area contributed by atoms with Crippen molar-refractivity contribution >= 4 is 17.7 Å². The minimum Gasteiger partial charge on any atom is -0.444 e. The van der Waals surface area contributed by atoms with Crippen molar-refractivity contribution in [1.29, 1.82) is 0 Å². The first-order valence-corrected chi connectivity index (χ1v) is 8.20. The van der Waals surface area contributed by atoms with Crippen LogP contribution in [0.15, 0.2) is 18.2 Å². The number of nitrogens with two attached hydrogens (primary N) is 1. The Morgan fingerprint density at radius 3 is 2.65 bits per heavy atom. The summed E-state index contributed by atoms with van der Waals surface area (Å²) in [7, 11) is 0. The summed E-state index contributed by atoms with van der Waals surface area (Å²) in [6, 6.07) is 3.86. The molecule has 0 bridgehead atoms. The molecule has 0 radical (unpaired) electrons. The molecule has 1 heterocycles. The highest BCUT2D eigenvalue weighted by molar-refractivity contribution is 6.30. The Balaban J connectivity index is 2.22. The summed E-state index contributed by atoms with van der Waals surface area (Å²) in [5.41, 5.74) is 6.37. The molecule has 0 spiro atoms. The maximum atomic E-state index is 13.7.